The van der Waals surface area contributed by atoms with Gasteiger partial charge >= 0.3 is 6.03 Å². The van der Waals surface area contributed by atoms with Crippen LogP contribution < -0.4 is 16.0 Å². The van der Waals surface area contributed by atoms with Crippen LogP contribution in [0.5, 0.6) is 0 Å². The Balaban J connectivity index is 1.95. The van der Waals surface area contributed by atoms with E-state index in [1.165, 1.54) is 0 Å². The number of allylic oxidation sites excluding steroid dienone is 1. The first-order valence-corrected chi connectivity index (χ1v) is 8.17. The number of anilines is 1. The molecule has 1 atom stereocenters. The lowest BCUT2D eigenvalue weighted by Gasteiger charge is -2.28. The number of amides is 3. The van der Waals surface area contributed by atoms with E-state index >= 15 is 0 Å². The van der Waals surface area contributed by atoms with Crippen molar-refractivity contribution < 1.29 is 9.59 Å². The summed E-state index contributed by atoms with van der Waals surface area (Å²) in [5, 5.41) is 8.49. The maximum Gasteiger partial charge on any atom is 0.319 e. The molecule has 3 rings (SSSR count). The van der Waals surface area contributed by atoms with Gasteiger partial charge in [-0.2, -0.15) is 0 Å². The number of benzene rings is 2. The smallest absolute Gasteiger partial charge is 0.319 e. The highest BCUT2D eigenvalue weighted by Gasteiger charge is 2.31. The minimum Gasteiger partial charge on any atom is -0.327 e. The van der Waals surface area contributed by atoms with E-state index in [4.69, 9.17) is 0 Å². The van der Waals surface area contributed by atoms with E-state index < -0.39 is 6.04 Å². The summed E-state index contributed by atoms with van der Waals surface area (Å²) in [4.78, 5) is 24.8. The van der Waals surface area contributed by atoms with Crippen LogP contribution in [0.1, 0.15) is 29.7 Å². The first-order chi connectivity index (χ1) is 12.0. The predicted molar refractivity (Wildman–Crippen MR) is 98.1 cm³/mol. The van der Waals surface area contributed by atoms with Crippen LogP contribution in [0.4, 0.5) is 10.5 Å². The molecule has 1 heterocycles. The minimum atomic E-state index is -0.485. The standard InChI is InChI=1S/C20H21N3O2/c1-12-9-10-16(13(2)11-12)22-19(24)17-14(3)21-20(25)23-18(17)15-7-5-4-6-8-15/h4-11,18H,1-3H3,(H,22,24)(H2,21,23,25)/t18-/m0/s1. The molecule has 0 saturated heterocycles. The van der Waals surface area contributed by atoms with Gasteiger partial charge in [0.15, 0.2) is 0 Å². The molecule has 5 nitrogen and oxygen atoms in total. The fraction of sp³-hybridized carbons (Fsp3) is 0.200. The van der Waals surface area contributed by atoms with Gasteiger partial charge in [0.25, 0.3) is 5.91 Å². The summed E-state index contributed by atoms with van der Waals surface area (Å²) in [6.07, 6.45) is 0. The van der Waals surface area contributed by atoms with Crippen LogP contribution in [0.25, 0.3) is 0 Å². The van der Waals surface area contributed by atoms with Crippen LogP contribution in [0.2, 0.25) is 0 Å². The zero-order valence-electron chi connectivity index (χ0n) is 14.5. The van der Waals surface area contributed by atoms with Crippen LogP contribution in [0, 0.1) is 13.8 Å². The Morgan fingerprint density at radius 2 is 1.76 bits per heavy atom. The number of hydrogen-bond acceptors (Lipinski definition) is 2. The third kappa shape index (κ3) is 3.55. The van der Waals surface area contributed by atoms with E-state index in [0.717, 1.165) is 22.4 Å². The first-order valence-electron chi connectivity index (χ1n) is 8.17. The minimum absolute atomic E-state index is 0.231. The van der Waals surface area contributed by atoms with Gasteiger partial charge in [0.2, 0.25) is 0 Å². The summed E-state index contributed by atoms with van der Waals surface area (Å²) in [6.45, 7) is 5.71. The molecule has 3 N–H and O–H groups in total. The second-order valence-corrected chi connectivity index (χ2v) is 6.25. The summed E-state index contributed by atoms with van der Waals surface area (Å²) in [5.74, 6) is -0.231. The molecule has 0 unspecified atom stereocenters. The van der Waals surface area contributed by atoms with Gasteiger partial charge in [-0.05, 0) is 38.0 Å². The second-order valence-electron chi connectivity index (χ2n) is 6.25. The number of carbonyl (C=O) groups excluding carboxylic acids is 2. The van der Waals surface area contributed by atoms with Crippen molar-refractivity contribution in [2.24, 2.45) is 0 Å². The lowest BCUT2D eigenvalue weighted by Crippen LogP contribution is -2.46. The average molecular weight is 335 g/mol. The molecule has 0 bridgehead atoms. The SMILES string of the molecule is CC1=C(C(=O)Nc2ccc(C)cc2C)[C@H](c2ccccc2)NC(=O)N1. The van der Waals surface area contributed by atoms with Gasteiger partial charge < -0.3 is 16.0 Å². The number of urea groups is 1. The van der Waals surface area contributed by atoms with Crippen molar-refractivity contribution in [3.05, 3.63) is 76.5 Å². The van der Waals surface area contributed by atoms with Crippen molar-refractivity contribution in [2.45, 2.75) is 26.8 Å². The third-order valence-electron chi connectivity index (χ3n) is 4.28. The van der Waals surface area contributed by atoms with Gasteiger partial charge in [0.05, 0.1) is 11.6 Å². The Bertz CT molecular complexity index is 856. The molecule has 0 aliphatic carbocycles. The summed E-state index contributed by atoms with van der Waals surface area (Å²) in [6, 6.07) is 14.5. The van der Waals surface area contributed by atoms with Crippen molar-refractivity contribution >= 4 is 17.6 Å². The highest BCUT2D eigenvalue weighted by molar-refractivity contribution is 6.07. The monoisotopic (exact) mass is 335 g/mol. The summed E-state index contributed by atoms with van der Waals surface area (Å²) in [7, 11) is 0. The van der Waals surface area contributed by atoms with Crippen molar-refractivity contribution in [3.8, 4) is 0 Å². The molecule has 2 aromatic carbocycles. The maximum atomic E-state index is 12.9. The molecule has 3 amide bonds. The molecule has 25 heavy (non-hydrogen) atoms. The molecule has 0 saturated carbocycles. The quantitative estimate of drug-likeness (QED) is 0.802. The Morgan fingerprint density at radius 3 is 2.44 bits per heavy atom. The second kappa shape index (κ2) is 6.81. The van der Waals surface area contributed by atoms with Crippen molar-refractivity contribution in [1.29, 1.82) is 0 Å². The van der Waals surface area contributed by atoms with Crippen LogP contribution in [-0.4, -0.2) is 11.9 Å². The van der Waals surface area contributed by atoms with Gasteiger partial charge in [0.1, 0.15) is 0 Å². The van der Waals surface area contributed by atoms with Crippen LogP contribution in [-0.2, 0) is 4.79 Å². The van der Waals surface area contributed by atoms with Gasteiger partial charge in [-0.25, -0.2) is 4.79 Å². The Kier molecular flexibility index (Phi) is 4.57. The highest BCUT2D eigenvalue weighted by Crippen LogP contribution is 2.28. The molecule has 5 heteroatoms. The van der Waals surface area contributed by atoms with Crippen molar-refractivity contribution in [2.75, 3.05) is 5.32 Å². The van der Waals surface area contributed by atoms with E-state index in [0.29, 0.717) is 11.3 Å². The van der Waals surface area contributed by atoms with Gasteiger partial charge in [0, 0.05) is 11.4 Å². The molecule has 0 spiro atoms. The lowest BCUT2D eigenvalue weighted by molar-refractivity contribution is -0.113. The predicted octanol–water partition coefficient (Wildman–Crippen LogP) is 3.57. The van der Waals surface area contributed by atoms with E-state index in [2.05, 4.69) is 16.0 Å². The molecular formula is C20H21N3O2. The summed E-state index contributed by atoms with van der Waals surface area (Å²) >= 11 is 0. The van der Waals surface area contributed by atoms with Crippen molar-refractivity contribution in [3.63, 3.8) is 0 Å². The van der Waals surface area contributed by atoms with Crippen LogP contribution in [0.3, 0.4) is 0 Å². The van der Waals surface area contributed by atoms with Gasteiger partial charge in [-0.1, -0.05) is 48.0 Å². The highest BCUT2D eigenvalue weighted by atomic mass is 16.2. The third-order valence-corrected chi connectivity index (χ3v) is 4.28. The largest absolute Gasteiger partial charge is 0.327 e. The fourth-order valence-electron chi connectivity index (χ4n) is 3.03. The number of hydrogen-bond donors (Lipinski definition) is 3. The number of carbonyl (C=O) groups is 2. The zero-order valence-corrected chi connectivity index (χ0v) is 14.5. The first kappa shape index (κ1) is 16.8. The summed E-state index contributed by atoms with van der Waals surface area (Å²) in [5.41, 5.74) is 4.82. The van der Waals surface area contributed by atoms with Gasteiger partial charge in [-0.3, -0.25) is 4.79 Å². The topological polar surface area (TPSA) is 70.2 Å². The average Bonchev–Trinajstić information content (AvgIpc) is 2.57. The Hall–Kier alpha value is -3.08. The molecule has 0 radical (unpaired) electrons. The molecule has 2 aromatic rings. The molecule has 1 aliphatic rings. The van der Waals surface area contributed by atoms with E-state index in [-0.39, 0.29) is 11.9 Å². The van der Waals surface area contributed by atoms with E-state index in [9.17, 15) is 9.59 Å². The molecule has 128 valence electrons. The normalized spacial score (nSPS) is 16.9. The zero-order chi connectivity index (χ0) is 18.0. The Morgan fingerprint density at radius 1 is 1.04 bits per heavy atom. The number of aryl methyl sites for hydroxylation is 2. The summed E-state index contributed by atoms with van der Waals surface area (Å²) < 4.78 is 0. The maximum absolute atomic E-state index is 12.9. The van der Waals surface area contributed by atoms with Crippen LogP contribution >= 0.6 is 0 Å². The molecule has 1 aliphatic heterocycles. The van der Waals surface area contributed by atoms with E-state index in [1.54, 1.807) is 6.92 Å². The molecular weight excluding hydrogens is 314 g/mol. The van der Waals surface area contributed by atoms with E-state index in [1.807, 2.05) is 62.4 Å². The Labute approximate surface area is 147 Å². The van der Waals surface area contributed by atoms with Crippen molar-refractivity contribution in [1.82, 2.24) is 10.6 Å². The van der Waals surface area contributed by atoms with Crippen LogP contribution in [0.15, 0.2) is 59.8 Å². The lowest BCUT2D eigenvalue weighted by atomic mass is 9.94. The molecule has 0 aromatic heterocycles. The van der Waals surface area contributed by atoms with Gasteiger partial charge in [-0.15, -0.1) is 0 Å². The number of rotatable bonds is 3. The fourth-order valence-corrected chi connectivity index (χ4v) is 3.03. The number of nitrogens with one attached hydrogen (secondary N) is 3. The molecule has 0 fully saturated rings.